The predicted molar refractivity (Wildman–Crippen MR) is 98.0 cm³/mol. The highest BCUT2D eigenvalue weighted by molar-refractivity contribution is 7.20. The number of anilines is 1. The van der Waals surface area contributed by atoms with Crippen LogP contribution in [0.1, 0.15) is 15.4 Å². The van der Waals surface area contributed by atoms with Crippen LogP contribution in [0.2, 0.25) is 0 Å². The van der Waals surface area contributed by atoms with Gasteiger partial charge in [-0.1, -0.05) is 24.3 Å². The largest absolute Gasteiger partial charge is 0.383 e. The van der Waals surface area contributed by atoms with Crippen molar-refractivity contribution >= 4 is 50.0 Å². The van der Waals surface area contributed by atoms with Gasteiger partial charge in [-0.3, -0.25) is 9.20 Å². The highest BCUT2D eigenvalue weighted by atomic mass is 32.1. The molecule has 0 bridgehead atoms. The Kier molecular flexibility index (Phi) is 2.86. The quantitative estimate of drug-likeness (QED) is 0.496. The first-order valence-corrected chi connectivity index (χ1v) is 8.46. The maximum absolute atomic E-state index is 12.9. The molecule has 5 rings (SSSR count). The van der Waals surface area contributed by atoms with Crippen LogP contribution in [0.4, 0.5) is 5.82 Å². The van der Waals surface area contributed by atoms with E-state index in [0.717, 1.165) is 21.3 Å². The number of ketones is 1. The smallest absolute Gasteiger partial charge is 0.236 e. The van der Waals surface area contributed by atoms with E-state index in [4.69, 9.17) is 5.73 Å². The second-order valence-electron chi connectivity index (χ2n) is 5.63. The number of carbonyl (C=O) groups is 1. The Morgan fingerprint density at radius 1 is 0.960 bits per heavy atom. The molecule has 0 aliphatic rings. The van der Waals surface area contributed by atoms with Gasteiger partial charge in [0.2, 0.25) is 11.6 Å². The molecular weight excluding hydrogens is 334 g/mol. The fourth-order valence-electron chi connectivity index (χ4n) is 2.86. The van der Waals surface area contributed by atoms with Crippen LogP contribution < -0.4 is 5.73 Å². The fourth-order valence-corrected chi connectivity index (χ4v) is 3.78. The number of hydrogen-bond acceptors (Lipinski definition) is 6. The minimum Gasteiger partial charge on any atom is -0.383 e. The standard InChI is InChI=1S/C18H11N5OS/c19-16-10(15(24)17-20-12-6-2-4-8-14(12)25-17)9-23-13-7-3-1-5-11(13)21-18(23)22-16/h1-9H,(H2,19,21,22). The first-order valence-electron chi connectivity index (χ1n) is 7.64. The van der Waals surface area contributed by atoms with Gasteiger partial charge in [-0.2, -0.15) is 4.98 Å². The lowest BCUT2D eigenvalue weighted by Gasteiger charge is -2.03. The number of imidazole rings is 1. The Balaban J connectivity index is 1.71. The van der Waals surface area contributed by atoms with Gasteiger partial charge in [0, 0.05) is 6.20 Å². The molecule has 0 unspecified atom stereocenters. The lowest BCUT2D eigenvalue weighted by Crippen LogP contribution is -2.09. The van der Waals surface area contributed by atoms with Crippen LogP contribution >= 0.6 is 11.3 Å². The number of hydrogen-bond donors (Lipinski definition) is 1. The van der Waals surface area contributed by atoms with Crippen LogP contribution in [0.15, 0.2) is 54.7 Å². The summed E-state index contributed by atoms with van der Waals surface area (Å²) in [7, 11) is 0. The van der Waals surface area contributed by atoms with Crippen molar-refractivity contribution in [2.75, 3.05) is 5.73 Å². The number of rotatable bonds is 2. The number of aromatic nitrogens is 4. The molecule has 0 radical (unpaired) electrons. The number of para-hydroxylation sites is 3. The molecule has 25 heavy (non-hydrogen) atoms. The van der Waals surface area contributed by atoms with Gasteiger partial charge in [0.15, 0.2) is 5.01 Å². The zero-order valence-electron chi connectivity index (χ0n) is 12.9. The van der Waals surface area contributed by atoms with E-state index < -0.39 is 0 Å². The molecule has 2 N–H and O–H groups in total. The van der Waals surface area contributed by atoms with Crippen LogP contribution in [-0.4, -0.2) is 25.1 Å². The van der Waals surface area contributed by atoms with Crippen LogP contribution in [0.3, 0.4) is 0 Å². The van der Waals surface area contributed by atoms with E-state index in [-0.39, 0.29) is 11.6 Å². The number of nitrogen functional groups attached to an aromatic ring is 1. The Morgan fingerprint density at radius 3 is 2.56 bits per heavy atom. The second kappa shape index (κ2) is 5.09. The van der Waals surface area contributed by atoms with Crippen molar-refractivity contribution in [3.05, 3.63) is 65.3 Å². The van der Waals surface area contributed by atoms with E-state index in [0.29, 0.717) is 16.3 Å². The van der Waals surface area contributed by atoms with Crippen molar-refractivity contribution in [3.8, 4) is 0 Å². The van der Waals surface area contributed by atoms with Gasteiger partial charge in [0.1, 0.15) is 5.82 Å². The van der Waals surface area contributed by atoms with E-state index in [2.05, 4.69) is 15.0 Å². The molecule has 0 aliphatic carbocycles. The molecule has 0 atom stereocenters. The topological polar surface area (TPSA) is 86.2 Å². The monoisotopic (exact) mass is 345 g/mol. The zero-order valence-corrected chi connectivity index (χ0v) is 13.7. The third-order valence-electron chi connectivity index (χ3n) is 4.06. The average molecular weight is 345 g/mol. The number of nitrogens with zero attached hydrogens (tertiary/aromatic N) is 4. The summed E-state index contributed by atoms with van der Waals surface area (Å²) in [4.78, 5) is 26.1. The summed E-state index contributed by atoms with van der Waals surface area (Å²) >= 11 is 1.35. The van der Waals surface area contributed by atoms with Gasteiger partial charge in [0.05, 0.1) is 26.8 Å². The molecule has 120 valence electrons. The SMILES string of the molecule is Nc1nc2nc3ccccc3n2cc1C(=O)c1nc2ccccc2s1. The fraction of sp³-hybridized carbons (Fsp3) is 0. The Labute approximate surface area is 145 Å². The Morgan fingerprint density at radius 2 is 1.72 bits per heavy atom. The number of benzene rings is 2. The summed E-state index contributed by atoms with van der Waals surface area (Å²) in [6.45, 7) is 0. The van der Waals surface area contributed by atoms with Crippen molar-refractivity contribution in [2.45, 2.75) is 0 Å². The molecule has 6 nitrogen and oxygen atoms in total. The number of thiazole rings is 1. The predicted octanol–water partition coefficient (Wildman–Crippen LogP) is 3.31. The first kappa shape index (κ1) is 14.1. The highest BCUT2D eigenvalue weighted by Gasteiger charge is 2.20. The van der Waals surface area contributed by atoms with Crippen molar-refractivity contribution in [1.29, 1.82) is 0 Å². The van der Waals surface area contributed by atoms with Crippen LogP contribution in [0.25, 0.3) is 27.0 Å². The molecule has 3 heterocycles. The van der Waals surface area contributed by atoms with Gasteiger partial charge in [-0.05, 0) is 24.3 Å². The molecular formula is C18H11N5OS. The van der Waals surface area contributed by atoms with Gasteiger partial charge in [-0.25, -0.2) is 9.97 Å². The molecule has 0 fully saturated rings. The maximum Gasteiger partial charge on any atom is 0.236 e. The van der Waals surface area contributed by atoms with Gasteiger partial charge in [-0.15, -0.1) is 11.3 Å². The molecule has 5 aromatic rings. The van der Waals surface area contributed by atoms with Crippen LogP contribution in [0.5, 0.6) is 0 Å². The Bertz CT molecular complexity index is 1250. The van der Waals surface area contributed by atoms with E-state index in [1.165, 1.54) is 11.3 Å². The number of fused-ring (bicyclic) bond motifs is 4. The minimum atomic E-state index is -0.231. The lowest BCUT2D eigenvalue weighted by atomic mass is 10.2. The summed E-state index contributed by atoms with van der Waals surface area (Å²) in [6, 6.07) is 15.3. The zero-order chi connectivity index (χ0) is 17.0. The summed E-state index contributed by atoms with van der Waals surface area (Å²) in [5, 5.41) is 0.401. The van der Waals surface area contributed by atoms with Crippen molar-refractivity contribution in [3.63, 3.8) is 0 Å². The lowest BCUT2D eigenvalue weighted by molar-refractivity contribution is 0.103. The third-order valence-corrected chi connectivity index (χ3v) is 5.10. The second-order valence-corrected chi connectivity index (χ2v) is 6.66. The molecule has 0 amide bonds. The molecule has 0 spiro atoms. The highest BCUT2D eigenvalue weighted by Crippen LogP contribution is 2.26. The number of carbonyl (C=O) groups excluding carboxylic acids is 1. The van der Waals surface area contributed by atoms with E-state index in [1.807, 2.05) is 48.5 Å². The summed E-state index contributed by atoms with van der Waals surface area (Å²) in [5.74, 6) is 0.400. The third kappa shape index (κ3) is 2.10. The maximum atomic E-state index is 12.9. The van der Waals surface area contributed by atoms with Gasteiger partial charge < -0.3 is 5.73 Å². The van der Waals surface area contributed by atoms with Crippen LogP contribution in [0, 0.1) is 0 Å². The molecule has 0 saturated heterocycles. The minimum absolute atomic E-state index is 0.159. The van der Waals surface area contributed by atoms with E-state index >= 15 is 0 Å². The van der Waals surface area contributed by atoms with E-state index in [9.17, 15) is 4.79 Å². The van der Waals surface area contributed by atoms with Crippen molar-refractivity contribution < 1.29 is 4.79 Å². The van der Waals surface area contributed by atoms with Gasteiger partial charge >= 0.3 is 0 Å². The van der Waals surface area contributed by atoms with Crippen molar-refractivity contribution in [1.82, 2.24) is 19.4 Å². The molecule has 0 aliphatic heterocycles. The summed E-state index contributed by atoms with van der Waals surface area (Å²) in [6.07, 6.45) is 1.70. The molecule has 7 heteroatoms. The summed E-state index contributed by atoms with van der Waals surface area (Å²) < 4.78 is 2.75. The number of nitrogens with two attached hydrogens (primary N) is 1. The van der Waals surface area contributed by atoms with Gasteiger partial charge in [0.25, 0.3) is 0 Å². The summed E-state index contributed by atoms with van der Waals surface area (Å²) in [5.41, 5.74) is 8.85. The van der Waals surface area contributed by atoms with E-state index in [1.54, 1.807) is 10.6 Å². The molecule has 2 aromatic carbocycles. The average Bonchev–Trinajstić information content (AvgIpc) is 3.21. The normalized spacial score (nSPS) is 11.5. The van der Waals surface area contributed by atoms with Crippen molar-refractivity contribution in [2.24, 2.45) is 0 Å². The Hall–Kier alpha value is -3.32. The van der Waals surface area contributed by atoms with Crippen LogP contribution in [-0.2, 0) is 0 Å². The first-order chi connectivity index (χ1) is 12.2. The molecule has 3 aromatic heterocycles. The molecule has 0 saturated carbocycles.